The van der Waals surface area contributed by atoms with Gasteiger partial charge < -0.3 is 4.43 Å². The van der Waals surface area contributed by atoms with Crippen LogP contribution in [0.3, 0.4) is 0 Å². The van der Waals surface area contributed by atoms with Crippen molar-refractivity contribution in [2.45, 2.75) is 72.0 Å². The average molecular weight is 296 g/mol. The van der Waals surface area contributed by atoms with Gasteiger partial charge in [0.25, 0.3) is 0 Å². The highest BCUT2D eigenvalue weighted by atomic mass is 28.3. The third-order valence-electron chi connectivity index (χ3n) is 2.56. The Morgan fingerprint density at radius 1 is 1.21 bits per heavy atom. The van der Waals surface area contributed by atoms with E-state index in [1.807, 2.05) is 40.8 Å². The maximum atomic E-state index is 12.3. The number of halogens is 3. The van der Waals surface area contributed by atoms with E-state index < -0.39 is 21.3 Å². The third-order valence-corrected chi connectivity index (χ3v) is 3.29. The van der Waals surface area contributed by atoms with E-state index in [0.717, 1.165) is 6.42 Å². The summed E-state index contributed by atoms with van der Waals surface area (Å²) in [7, 11) is -0.986. The van der Waals surface area contributed by atoms with Crippen LogP contribution in [0.15, 0.2) is 4.99 Å². The molecule has 0 aliphatic heterocycles. The van der Waals surface area contributed by atoms with Crippen LogP contribution in [0.1, 0.15) is 40.5 Å². The van der Waals surface area contributed by atoms with Gasteiger partial charge in [-0.2, -0.15) is 13.2 Å². The van der Waals surface area contributed by atoms with Gasteiger partial charge in [0.1, 0.15) is 6.21 Å². The maximum absolute atomic E-state index is 12.3. The first-order valence-electron chi connectivity index (χ1n) is 6.55. The fourth-order valence-electron chi connectivity index (χ4n) is 1.87. The summed E-state index contributed by atoms with van der Waals surface area (Å²) in [5.74, 6) is 0. The fourth-order valence-corrected chi connectivity index (χ4v) is 2.89. The highest BCUT2D eigenvalue weighted by Gasteiger charge is 2.34. The van der Waals surface area contributed by atoms with Crippen molar-refractivity contribution in [3.63, 3.8) is 0 Å². The number of nitrogens with zero attached hydrogens (tertiary/aromatic N) is 1. The topological polar surface area (TPSA) is 21.6 Å². The Hall–Kier alpha value is -0.363. The molecule has 19 heavy (non-hydrogen) atoms. The molecule has 2 nitrogen and oxygen atoms in total. The van der Waals surface area contributed by atoms with E-state index in [9.17, 15) is 13.2 Å². The molecular formula is C13H25F3NOSi. The maximum Gasteiger partial charge on any atom is 0.426 e. The lowest BCUT2D eigenvalue weighted by atomic mass is 9.83. The lowest BCUT2D eigenvalue weighted by Gasteiger charge is -2.36. The van der Waals surface area contributed by atoms with E-state index in [4.69, 9.17) is 4.43 Å². The van der Waals surface area contributed by atoms with E-state index in [2.05, 4.69) is 4.99 Å². The molecule has 0 aliphatic rings. The van der Waals surface area contributed by atoms with E-state index in [-0.39, 0.29) is 17.7 Å². The summed E-state index contributed by atoms with van der Waals surface area (Å²) in [6.07, 6.45) is -3.15. The van der Waals surface area contributed by atoms with Gasteiger partial charge in [-0.05, 0) is 24.9 Å². The molecule has 0 saturated carbocycles. The quantitative estimate of drug-likeness (QED) is 0.523. The van der Waals surface area contributed by atoms with Gasteiger partial charge in [0.15, 0.2) is 0 Å². The van der Waals surface area contributed by atoms with Gasteiger partial charge in [0.05, 0.1) is 12.1 Å². The monoisotopic (exact) mass is 296 g/mol. The van der Waals surface area contributed by atoms with Crippen molar-refractivity contribution < 1.29 is 17.6 Å². The van der Waals surface area contributed by atoms with Gasteiger partial charge in [0, 0.05) is 0 Å². The molecule has 0 aromatic rings. The highest BCUT2D eigenvalue weighted by Crippen LogP contribution is 2.29. The highest BCUT2D eigenvalue weighted by molar-refractivity contribution is 6.48. The number of alkyl halides is 3. The first kappa shape index (κ1) is 18.6. The van der Waals surface area contributed by atoms with Crippen LogP contribution >= 0.6 is 0 Å². The van der Waals surface area contributed by atoms with Crippen molar-refractivity contribution in [1.29, 1.82) is 0 Å². The largest absolute Gasteiger partial charge is 0.426 e. The van der Waals surface area contributed by atoms with Gasteiger partial charge in [-0.1, -0.05) is 34.1 Å². The molecule has 1 radical (unpaired) electrons. The first-order chi connectivity index (χ1) is 8.47. The minimum Gasteiger partial charge on any atom is -0.412 e. The molecule has 0 bridgehead atoms. The van der Waals surface area contributed by atoms with Gasteiger partial charge in [-0.15, -0.1) is 0 Å². The number of hydrogen-bond acceptors (Lipinski definition) is 2. The molecule has 0 fully saturated rings. The molecule has 0 amide bonds. The van der Waals surface area contributed by atoms with E-state index in [0.29, 0.717) is 6.42 Å². The molecular weight excluding hydrogens is 271 g/mol. The molecule has 0 N–H and O–H groups in total. The predicted molar refractivity (Wildman–Crippen MR) is 75.1 cm³/mol. The lowest BCUT2D eigenvalue weighted by Crippen LogP contribution is -2.42. The Bertz CT molecular complexity index is 285. The summed E-state index contributed by atoms with van der Waals surface area (Å²) >= 11 is 0. The molecule has 6 heteroatoms. The molecule has 0 saturated heterocycles. The summed E-state index contributed by atoms with van der Waals surface area (Å²) in [4.78, 5) is 3.75. The second-order valence-electron chi connectivity index (χ2n) is 5.99. The van der Waals surface area contributed by atoms with E-state index >= 15 is 0 Å². The Morgan fingerprint density at radius 2 is 1.74 bits per heavy atom. The normalized spacial score (nSPS) is 17.2. The van der Waals surface area contributed by atoms with Crippen molar-refractivity contribution in [2.24, 2.45) is 10.4 Å². The van der Waals surface area contributed by atoms with Crippen LogP contribution in [-0.4, -0.2) is 33.6 Å². The zero-order valence-electron chi connectivity index (χ0n) is 12.6. The summed E-state index contributed by atoms with van der Waals surface area (Å²) < 4.78 is 42.8. The van der Waals surface area contributed by atoms with Crippen molar-refractivity contribution >= 4 is 15.3 Å². The molecule has 113 valence electrons. The standard InChI is InChI=1S/C13H25F3NOSi/c1-7-8-10(17-9-13(14,15)16)11(12(2,3)4)18-19(5)6/h9-11H,7-8H2,1-6H3/t10-,11?/m0/s1. The number of aliphatic imine (C=N–C) groups is 1. The van der Waals surface area contributed by atoms with Gasteiger partial charge in [-0.25, -0.2) is 0 Å². The van der Waals surface area contributed by atoms with Crippen molar-refractivity contribution in [3.05, 3.63) is 0 Å². The summed E-state index contributed by atoms with van der Waals surface area (Å²) in [5, 5.41) is 0. The van der Waals surface area contributed by atoms with Crippen molar-refractivity contribution in [1.82, 2.24) is 0 Å². The Kier molecular flexibility index (Phi) is 7.29. The van der Waals surface area contributed by atoms with Crippen molar-refractivity contribution in [2.75, 3.05) is 0 Å². The molecule has 0 heterocycles. The average Bonchev–Trinajstić information content (AvgIpc) is 2.18. The van der Waals surface area contributed by atoms with Gasteiger partial charge >= 0.3 is 6.18 Å². The smallest absolute Gasteiger partial charge is 0.412 e. The second-order valence-corrected chi connectivity index (χ2v) is 8.04. The van der Waals surface area contributed by atoms with Gasteiger partial charge in [-0.3, -0.25) is 4.99 Å². The zero-order chi connectivity index (χ0) is 15.3. The van der Waals surface area contributed by atoms with Crippen LogP contribution < -0.4 is 0 Å². The predicted octanol–water partition coefficient (Wildman–Crippen LogP) is 4.47. The molecule has 0 aliphatic carbocycles. The molecule has 0 rings (SSSR count). The minimum atomic E-state index is -4.36. The molecule has 0 aromatic heterocycles. The summed E-state index contributed by atoms with van der Waals surface area (Å²) in [6.45, 7) is 11.9. The number of rotatable bonds is 6. The third kappa shape index (κ3) is 8.42. The molecule has 1 unspecified atom stereocenters. The minimum absolute atomic E-state index is 0.104. The fraction of sp³-hybridized carbons (Fsp3) is 0.923. The van der Waals surface area contributed by atoms with E-state index in [1.54, 1.807) is 0 Å². The van der Waals surface area contributed by atoms with E-state index in [1.165, 1.54) is 0 Å². The summed E-state index contributed by atoms with van der Waals surface area (Å²) in [6, 6.07) is -0.438. The van der Waals surface area contributed by atoms with Crippen LogP contribution in [0.4, 0.5) is 13.2 Å². The second kappa shape index (κ2) is 7.43. The number of hydrogen-bond donors (Lipinski definition) is 0. The SMILES string of the molecule is CCC[C@H](N=CC(F)(F)F)C(O[Si](C)C)C(C)(C)C. The zero-order valence-corrected chi connectivity index (χ0v) is 13.6. The van der Waals surface area contributed by atoms with Crippen LogP contribution in [0.25, 0.3) is 0 Å². The van der Waals surface area contributed by atoms with Crippen molar-refractivity contribution in [3.8, 4) is 0 Å². The summed E-state index contributed by atoms with van der Waals surface area (Å²) in [5.41, 5.74) is -0.231. The molecule has 2 atom stereocenters. The van der Waals surface area contributed by atoms with Crippen LogP contribution in [0, 0.1) is 5.41 Å². The molecule has 0 spiro atoms. The van der Waals surface area contributed by atoms with Crippen LogP contribution in [0.2, 0.25) is 13.1 Å². The molecule has 0 aromatic carbocycles. The first-order valence-corrected chi connectivity index (χ1v) is 8.96. The van der Waals surface area contributed by atoms with Crippen LogP contribution in [-0.2, 0) is 4.43 Å². The van der Waals surface area contributed by atoms with Gasteiger partial charge in [0.2, 0.25) is 9.04 Å². The van der Waals surface area contributed by atoms with Crippen LogP contribution in [0.5, 0.6) is 0 Å². The Balaban J connectivity index is 5.11. The lowest BCUT2D eigenvalue weighted by molar-refractivity contribution is -0.0544. The Morgan fingerprint density at radius 3 is 2.05 bits per heavy atom. The Labute approximate surface area is 116 Å².